The first kappa shape index (κ1) is 8.61. The van der Waals surface area contributed by atoms with Gasteiger partial charge in [0.1, 0.15) is 0 Å². The highest BCUT2D eigenvalue weighted by atomic mass is 32.1. The number of non-ortho nitro benzene ring substituents is 1. The van der Waals surface area contributed by atoms with E-state index in [4.69, 9.17) is 0 Å². The summed E-state index contributed by atoms with van der Waals surface area (Å²) in [6.07, 6.45) is 0. The number of nitro groups is 1. The zero-order chi connectivity index (χ0) is 8.97. The highest BCUT2D eigenvalue weighted by Crippen LogP contribution is 2.14. The van der Waals surface area contributed by atoms with Crippen LogP contribution in [0.3, 0.4) is 0 Å². The van der Waals surface area contributed by atoms with E-state index in [0.717, 1.165) is 5.69 Å². The van der Waals surface area contributed by atoms with Crippen molar-refractivity contribution in [2.75, 3.05) is 5.32 Å². The minimum atomic E-state index is -0.443. The van der Waals surface area contributed by atoms with Crippen LogP contribution in [0.5, 0.6) is 0 Å². The Morgan fingerprint density at radius 1 is 1.42 bits per heavy atom. The monoisotopic (exact) mass is 182 g/mol. The maximum atomic E-state index is 10.2. The molecule has 0 bridgehead atoms. The van der Waals surface area contributed by atoms with Gasteiger partial charge in [-0.25, -0.2) is 0 Å². The van der Waals surface area contributed by atoms with Gasteiger partial charge in [0.2, 0.25) is 0 Å². The summed E-state index contributed by atoms with van der Waals surface area (Å²) < 4.78 is 0. The van der Waals surface area contributed by atoms with E-state index >= 15 is 0 Å². The molecule has 5 heteroatoms. The molecule has 0 fully saturated rings. The van der Waals surface area contributed by atoms with Crippen molar-refractivity contribution in [3.63, 3.8) is 0 Å². The molecule has 0 amide bonds. The number of benzene rings is 1. The summed E-state index contributed by atoms with van der Waals surface area (Å²) in [7, 11) is 0. The average molecular weight is 182 g/mol. The molecule has 0 aliphatic rings. The summed E-state index contributed by atoms with van der Waals surface area (Å²) in [5, 5.41) is 13.0. The molecule has 0 aromatic heterocycles. The maximum absolute atomic E-state index is 10.2. The lowest BCUT2D eigenvalue weighted by molar-refractivity contribution is -0.384. The van der Waals surface area contributed by atoms with Crippen molar-refractivity contribution in [1.29, 1.82) is 0 Å². The van der Waals surface area contributed by atoms with E-state index in [1.54, 1.807) is 12.1 Å². The molecule has 0 unspecified atom stereocenters. The topological polar surface area (TPSA) is 55.2 Å². The lowest BCUT2D eigenvalue weighted by Gasteiger charge is -1.96. The molecule has 0 heterocycles. The second-order valence-corrected chi connectivity index (χ2v) is 2.30. The molecule has 0 atom stereocenters. The Hall–Kier alpha value is -1.49. The summed E-state index contributed by atoms with van der Waals surface area (Å²) in [5.74, 6) is 0. The van der Waals surface area contributed by atoms with Crippen molar-refractivity contribution in [3.8, 4) is 0 Å². The Kier molecular flexibility index (Phi) is 2.71. The van der Waals surface area contributed by atoms with Crippen LogP contribution in [-0.4, -0.2) is 10.4 Å². The highest BCUT2D eigenvalue weighted by molar-refractivity contribution is 7.79. The van der Waals surface area contributed by atoms with Gasteiger partial charge in [-0.3, -0.25) is 10.1 Å². The summed E-state index contributed by atoms with van der Waals surface area (Å²) in [4.78, 5) is 9.78. The average Bonchev–Trinajstić information content (AvgIpc) is 2.06. The second-order valence-electron chi connectivity index (χ2n) is 2.07. The van der Waals surface area contributed by atoms with Crippen LogP contribution in [0.15, 0.2) is 24.3 Å². The molecule has 1 aromatic rings. The summed E-state index contributed by atoms with van der Waals surface area (Å²) in [5.41, 5.74) is 2.17. The number of hydrogen-bond acceptors (Lipinski definition) is 3. The Morgan fingerprint density at radius 3 is 2.42 bits per heavy atom. The molecule has 0 spiro atoms. The van der Waals surface area contributed by atoms with E-state index in [1.165, 1.54) is 17.6 Å². The Morgan fingerprint density at radius 2 is 2.00 bits per heavy atom. The summed E-state index contributed by atoms with van der Waals surface area (Å²) in [6, 6.07) is 6.03. The van der Waals surface area contributed by atoms with Gasteiger partial charge in [0.15, 0.2) is 0 Å². The van der Waals surface area contributed by atoms with Crippen LogP contribution in [0.1, 0.15) is 0 Å². The van der Waals surface area contributed by atoms with Crippen molar-refractivity contribution >= 4 is 29.1 Å². The van der Waals surface area contributed by atoms with Gasteiger partial charge < -0.3 is 5.32 Å². The Bertz CT molecular complexity index is 297. The third-order valence-corrected chi connectivity index (χ3v) is 1.42. The molecule has 0 aliphatic carbocycles. The van der Waals surface area contributed by atoms with Crippen molar-refractivity contribution in [2.24, 2.45) is 0 Å². The molecular formula is C7H6N2O2S. The quantitative estimate of drug-likeness (QED) is 0.441. The van der Waals surface area contributed by atoms with Crippen molar-refractivity contribution in [3.05, 3.63) is 34.4 Å². The minimum Gasteiger partial charge on any atom is -0.353 e. The van der Waals surface area contributed by atoms with Crippen LogP contribution in [0.25, 0.3) is 0 Å². The summed E-state index contributed by atoms with van der Waals surface area (Å²) >= 11 is 4.55. The van der Waals surface area contributed by atoms with Crippen molar-refractivity contribution in [2.45, 2.75) is 0 Å². The molecule has 1 rings (SSSR count). The van der Waals surface area contributed by atoms with Gasteiger partial charge in [0, 0.05) is 17.8 Å². The molecule has 12 heavy (non-hydrogen) atoms. The zero-order valence-electron chi connectivity index (χ0n) is 6.06. The number of rotatable bonds is 3. The van der Waals surface area contributed by atoms with Gasteiger partial charge >= 0.3 is 0 Å². The van der Waals surface area contributed by atoms with Crippen molar-refractivity contribution in [1.82, 2.24) is 0 Å². The molecule has 62 valence electrons. The third kappa shape index (κ3) is 2.00. The first-order valence-electron chi connectivity index (χ1n) is 3.18. The summed E-state index contributed by atoms with van der Waals surface area (Å²) in [6.45, 7) is 0. The number of nitrogens with zero attached hydrogens (tertiary/aromatic N) is 1. The van der Waals surface area contributed by atoms with Crippen molar-refractivity contribution < 1.29 is 4.92 Å². The predicted octanol–water partition coefficient (Wildman–Crippen LogP) is 1.96. The second kappa shape index (κ2) is 3.77. The number of nitrogens with one attached hydrogen (secondary N) is 1. The Labute approximate surface area is 74.4 Å². The maximum Gasteiger partial charge on any atom is 0.269 e. The third-order valence-electron chi connectivity index (χ3n) is 1.30. The van der Waals surface area contributed by atoms with Gasteiger partial charge in [-0.1, -0.05) is 12.2 Å². The normalized spacial score (nSPS) is 9.00. The zero-order valence-corrected chi connectivity index (χ0v) is 6.88. The van der Waals surface area contributed by atoms with Gasteiger partial charge in [0.25, 0.3) is 5.69 Å². The highest BCUT2D eigenvalue weighted by Gasteiger charge is 2.02. The molecule has 4 nitrogen and oxygen atoms in total. The Balaban J connectivity index is 2.85. The molecular weight excluding hydrogens is 176 g/mol. The minimum absolute atomic E-state index is 0.0740. The lowest BCUT2D eigenvalue weighted by Crippen LogP contribution is -1.92. The fraction of sp³-hybridized carbons (Fsp3) is 0. The number of hydrogen-bond donors (Lipinski definition) is 1. The fourth-order valence-electron chi connectivity index (χ4n) is 0.747. The van der Waals surface area contributed by atoms with E-state index in [2.05, 4.69) is 17.5 Å². The smallest absolute Gasteiger partial charge is 0.269 e. The predicted molar refractivity (Wildman–Crippen MR) is 50.4 cm³/mol. The molecule has 1 N–H and O–H groups in total. The van der Waals surface area contributed by atoms with Gasteiger partial charge in [-0.2, -0.15) is 0 Å². The van der Waals surface area contributed by atoms with Crippen LogP contribution in [0.2, 0.25) is 0 Å². The fourth-order valence-corrected chi connectivity index (χ4v) is 0.883. The number of thiocarbonyl (C=S) groups is 1. The van der Waals surface area contributed by atoms with Gasteiger partial charge in [-0.15, -0.1) is 0 Å². The van der Waals surface area contributed by atoms with Crippen LogP contribution in [0.4, 0.5) is 11.4 Å². The standard InChI is InChI=1S/C7H6N2O2S/c10-9(11)7-3-1-6(2-4-7)8-5-12/h1-5H,(H,8,12). The molecule has 0 saturated heterocycles. The van der Waals surface area contributed by atoms with Crippen LogP contribution >= 0.6 is 12.2 Å². The van der Waals surface area contributed by atoms with E-state index in [-0.39, 0.29) is 5.69 Å². The van der Waals surface area contributed by atoms with Gasteiger partial charge in [-0.05, 0) is 12.1 Å². The van der Waals surface area contributed by atoms with Crippen LogP contribution in [0, 0.1) is 10.1 Å². The van der Waals surface area contributed by atoms with Gasteiger partial charge in [0.05, 0.1) is 10.4 Å². The SMILES string of the molecule is O=[N+]([O-])c1ccc(NC=S)cc1. The lowest BCUT2D eigenvalue weighted by atomic mass is 10.3. The largest absolute Gasteiger partial charge is 0.353 e. The van der Waals surface area contributed by atoms with Crippen LogP contribution in [-0.2, 0) is 0 Å². The number of nitro benzene ring substituents is 1. The van der Waals surface area contributed by atoms with E-state index in [1.807, 2.05) is 0 Å². The van der Waals surface area contributed by atoms with E-state index in [9.17, 15) is 10.1 Å². The van der Waals surface area contributed by atoms with E-state index < -0.39 is 4.92 Å². The molecule has 0 saturated carbocycles. The number of anilines is 1. The molecule has 0 radical (unpaired) electrons. The molecule has 1 aromatic carbocycles. The first-order valence-corrected chi connectivity index (χ1v) is 3.66. The van der Waals surface area contributed by atoms with E-state index in [0.29, 0.717) is 0 Å². The molecule has 0 aliphatic heterocycles. The van der Waals surface area contributed by atoms with Crippen LogP contribution < -0.4 is 5.32 Å². The first-order chi connectivity index (χ1) is 5.74.